The van der Waals surface area contributed by atoms with Gasteiger partial charge in [0.2, 0.25) is 0 Å². The summed E-state index contributed by atoms with van der Waals surface area (Å²) in [6.45, 7) is 6.02. The van der Waals surface area contributed by atoms with Gasteiger partial charge in [-0.15, -0.1) is 0 Å². The minimum absolute atomic E-state index is 0.00411. The number of anilines is 2. The van der Waals surface area contributed by atoms with Gasteiger partial charge in [-0.05, 0) is 31.0 Å². The highest BCUT2D eigenvalue weighted by Gasteiger charge is 2.20. The number of carbonyl (C=O) groups is 7. The number of hydrogen-bond acceptors (Lipinski definition) is 12. The lowest BCUT2D eigenvalue weighted by Gasteiger charge is -2.36. The molecule has 0 atom stereocenters. The number of aryl methyl sites for hydroxylation is 1. The Morgan fingerprint density at radius 2 is 1.20 bits per heavy atom. The van der Waals surface area contributed by atoms with Crippen LogP contribution in [0.3, 0.4) is 0 Å². The first-order valence-corrected chi connectivity index (χ1v) is 19.3. The molecule has 4 rings (SSSR count). The monoisotopic (exact) mass is 746 g/mol. The quantitative estimate of drug-likeness (QED) is 0.0974. The number of carbonyl (C=O) groups excluding carboxylic acids is 6. The van der Waals surface area contributed by atoms with E-state index >= 15 is 0 Å². The molecule has 3 heterocycles. The molecular formula is C40H54N6O8. The number of hydrogen-bond donors (Lipinski definition) is 3. The van der Waals surface area contributed by atoms with Crippen molar-refractivity contribution in [2.45, 2.75) is 116 Å². The molecule has 1 aromatic carbocycles. The summed E-state index contributed by atoms with van der Waals surface area (Å²) in [5.74, 6) is -0.606. The lowest BCUT2D eigenvalue weighted by Crippen LogP contribution is -2.46. The fraction of sp³-hybridized carbons (Fsp3) is 0.575. The van der Waals surface area contributed by atoms with E-state index in [-0.39, 0.29) is 118 Å². The molecular weight excluding hydrogens is 692 g/mol. The summed E-state index contributed by atoms with van der Waals surface area (Å²) >= 11 is 0. The number of piperazine rings is 1. The van der Waals surface area contributed by atoms with Crippen LogP contribution in [-0.4, -0.2) is 98.4 Å². The first-order valence-electron chi connectivity index (χ1n) is 19.3. The maximum Gasteiger partial charge on any atom is 0.303 e. The zero-order chi connectivity index (χ0) is 39.0. The van der Waals surface area contributed by atoms with Gasteiger partial charge in [-0.2, -0.15) is 0 Å². The van der Waals surface area contributed by atoms with Crippen LogP contribution in [0, 0.1) is 0 Å². The van der Waals surface area contributed by atoms with Crippen molar-refractivity contribution in [3.05, 3.63) is 24.0 Å². The van der Waals surface area contributed by atoms with Crippen molar-refractivity contribution >= 4 is 74.1 Å². The molecule has 0 bridgehead atoms. The number of aromatic nitrogens is 3. The van der Waals surface area contributed by atoms with Gasteiger partial charge in [0, 0.05) is 134 Å². The molecule has 0 spiro atoms. The molecule has 292 valence electrons. The molecule has 14 heteroatoms. The van der Waals surface area contributed by atoms with Crippen LogP contribution in [0.5, 0.6) is 0 Å². The first kappa shape index (κ1) is 41.9. The minimum atomic E-state index is -0.972. The fourth-order valence-corrected chi connectivity index (χ4v) is 6.56. The second-order valence-corrected chi connectivity index (χ2v) is 14.3. The first-order chi connectivity index (χ1) is 25.9. The molecule has 1 aliphatic heterocycles. The predicted molar refractivity (Wildman–Crippen MR) is 205 cm³/mol. The van der Waals surface area contributed by atoms with Crippen molar-refractivity contribution in [1.82, 2.24) is 19.9 Å². The zero-order valence-corrected chi connectivity index (χ0v) is 31.5. The second-order valence-electron chi connectivity index (χ2n) is 14.3. The van der Waals surface area contributed by atoms with E-state index in [0.717, 1.165) is 73.4 Å². The maximum absolute atomic E-state index is 12.6. The van der Waals surface area contributed by atoms with Crippen molar-refractivity contribution < 1.29 is 38.7 Å². The van der Waals surface area contributed by atoms with Gasteiger partial charge in [0.25, 0.3) is 0 Å². The summed E-state index contributed by atoms with van der Waals surface area (Å²) in [4.78, 5) is 101. The summed E-state index contributed by atoms with van der Waals surface area (Å²) < 4.78 is 0. The molecule has 0 radical (unpaired) electrons. The molecule has 0 amide bonds. The van der Waals surface area contributed by atoms with Gasteiger partial charge < -0.3 is 20.7 Å². The molecule has 1 fully saturated rings. The highest BCUT2D eigenvalue weighted by Crippen LogP contribution is 2.30. The van der Waals surface area contributed by atoms with Gasteiger partial charge in [-0.3, -0.25) is 38.5 Å². The third kappa shape index (κ3) is 13.5. The number of benzene rings is 1. The molecule has 1 aliphatic rings. The van der Waals surface area contributed by atoms with Crippen molar-refractivity contribution in [2.24, 2.45) is 0 Å². The molecule has 54 heavy (non-hydrogen) atoms. The number of pyridine rings is 1. The van der Waals surface area contributed by atoms with E-state index in [9.17, 15) is 33.6 Å². The van der Waals surface area contributed by atoms with Crippen molar-refractivity contribution in [1.29, 1.82) is 0 Å². The predicted octanol–water partition coefficient (Wildman–Crippen LogP) is 5.12. The van der Waals surface area contributed by atoms with E-state index in [4.69, 9.17) is 15.8 Å². The number of nitrogens with two attached hydrogens (primary N) is 1. The van der Waals surface area contributed by atoms with Crippen LogP contribution in [0.15, 0.2) is 18.2 Å². The van der Waals surface area contributed by atoms with Crippen LogP contribution in [0.1, 0.15) is 115 Å². The van der Waals surface area contributed by atoms with Crippen LogP contribution in [0.2, 0.25) is 0 Å². The lowest BCUT2D eigenvalue weighted by atomic mass is 10.0. The standard InChI is InChI=1S/C40H54N6O8/c1-2-3-6-36-43-38-34-26-27(8-19-35(34)42-40(41)39(38)44-36)46-24-22-45(23-25-46)21-20-33(52)18-17-32(51)16-15-31(50)14-13-30(49)12-11-29(48)10-9-28(47)5-4-7-37(53)54/h8,19,26H,2-7,9-18,20-25H2,1H3,(H2,41,42)(H,43,44)(H,53,54). The van der Waals surface area contributed by atoms with Gasteiger partial charge in [0.05, 0.1) is 11.0 Å². The molecule has 14 nitrogen and oxygen atoms in total. The van der Waals surface area contributed by atoms with Crippen LogP contribution in [-0.2, 0) is 40.0 Å². The third-order valence-corrected chi connectivity index (χ3v) is 9.96. The molecule has 0 saturated carbocycles. The van der Waals surface area contributed by atoms with Gasteiger partial charge in [-0.25, -0.2) is 9.97 Å². The van der Waals surface area contributed by atoms with Gasteiger partial charge in [0.1, 0.15) is 46.0 Å². The Balaban J connectivity index is 1.07. The van der Waals surface area contributed by atoms with Gasteiger partial charge >= 0.3 is 5.97 Å². The number of rotatable bonds is 26. The number of nitrogens with zero attached hydrogens (tertiary/aromatic N) is 4. The maximum atomic E-state index is 12.6. The number of nitrogens with one attached hydrogen (secondary N) is 1. The summed E-state index contributed by atoms with van der Waals surface area (Å²) in [7, 11) is 0. The van der Waals surface area contributed by atoms with Gasteiger partial charge in [0.15, 0.2) is 5.82 Å². The summed E-state index contributed by atoms with van der Waals surface area (Å²) in [5, 5.41) is 9.61. The van der Waals surface area contributed by atoms with Crippen LogP contribution in [0.4, 0.5) is 11.5 Å². The van der Waals surface area contributed by atoms with E-state index in [2.05, 4.69) is 38.8 Å². The highest BCUT2D eigenvalue weighted by molar-refractivity contribution is 6.07. The molecule has 1 saturated heterocycles. The number of unbranched alkanes of at least 4 members (excludes halogenated alkanes) is 1. The fourth-order valence-electron chi connectivity index (χ4n) is 6.56. The van der Waals surface area contributed by atoms with E-state index in [1.807, 2.05) is 6.07 Å². The Morgan fingerprint density at radius 3 is 1.72 bits per heavy atom. The topological polar surface area (TPSA) is 214 Å². The number of fused-ring (bicyclic) bond motifs is 3. The largest absolute Gasteiger partial charge is 0.481 e. The van der Waals surface area contributed by atoms with Crippen LogP contribution >= 0.6 is 0 Å². The van der Waals surface area contributed by atoms with E-state index < -0.39 is 5.97 Å². The van der Waals surface area contributed by atoms with E-state index in [0.29, 0.717) is 24.3 Å². The molecule has 0 aliphatic carbocycles. The number of imidazole rings is 1. The minimum Gasteiger partial charge on any atom is -0.481 e. The summed E-state index contributed by atoms with van der Waals surface area (Å²) in [6.07, 6.45) is 3.90. The molecule has 4 N–H and O–H groups in total. The highest BCUT2D eigenvalue weighted by atomic mass is 16.4. The summed E-state index contributed by atoms with van der Waals surface area (Å²) in [6, 6.07) is 6.21. The number of carboxylic acids is 1. The summed E-state index contributed by atoms with van der Waals surface area (Å²) in [5.41, 5.74) is 9.78. The van der Waals surface area contributed by atoms with E-state index in [1.165, 1.54) is 0 Å². The normalized spacial score (nSPS) is 13.4. The Labute approximate surface area is 315 Å². The second kappa shape index (κ2) is 21.1. The lowest BCUT2D eigenvalue weighted by molar-refractivity contribution is -0.137. The Hall–Kier alpha value is -4.85. The average Bonchev–Trinajstić information content (AvgIpc) is 3.60. The number of aromatic amines is 1. The molecule has 3 aromatic rings. The van der Waals surface area contributed by atoms with Crippen LogP contribution in [0.25, 0.3) is 21.9 Å². The average molecular weight is 747 g/mol. The molecule has 0 unspecified atom stereocenters. The Bertz CT molecular complexity index is 1830. The van der Waals surface area contributed by atoms with E-state index in [1.54, 1.807) is 0 Å². The number of ketones is 6. The third-order valence-electron chi connectivity index (χ3n) is 9.96. The number of aliphatic carboxylic acids is 1. The smallest absolute Gasteiger partial charge is 0.303 e. The van der Waals surface area contributed by atoms with Crippen molar-refractivity contribution in [3.63, 3.8) is 0 Å². The number of carboxylic acid groups (broad SMARTS) is 1. The Kier molecular flexibility index (Phi) is 16.4. The van der Waals surface area contributed by atoms with Crippen molar-refractivity contribution in [2.75, 3.05) is 43.4 Å². The molecule has 2 aromatic heterocycles. The number of Topliss-reactive ketones (excluding diaryl/α,β-unsaturated/α-hetero) is 6. The Morgan fingerprint density at radius 1 is 0.685 bits per heavy atom. The number of H-pyrrole nitrogens is 1. The van der Waals surface area contributed by atoms with Crippen molar-refractivity contribution in [3.8, 4) is 0 Å². The van der Waals surface area contributed by atoms with Crippen LogP contribution < -0.4 is 10.6 Å². The zero-order valence-electron chi connectivity index (χ0n) is 31.5. The SMILES string of the molecule is CCCCc1nc2c(N)nc3ccc(N4CCN(CCC(=O)CCC(=O)CCC(=O)CCC(=O)CCC(=O)CCC(=O)CCCC(=O)O)CC4)cc3c2[nH]1. The van der Waals surface area contributed by atoms with Gasteiger partial charge in [-0.1, -0.05) is 13.3 Å². The number of nitrogen functional groups attached to an aromatic ring is 1.